The molecule has 28 heavy (non-hydrogen) atoms. The zero-order valence-electron chi connectivity index (χ0n) is 15.2. The number of hydrogen-bond donors (Lipinski definition) is 3. The zero-order chi connectivity index (χ0) is 19.6. The lowest BCUT2D eigenvalue weighted by Crippen LogP contribution is -2.36. The molecule has 3 N–H and O–H groups in total. The lowest BCUT2D eigenvalue weighted by molar-refractivity contribution is 0.0936. The molecular formula is C19H21N5O3S. The van der Waals surface area contributed by atoms with Crippen molar-refractivity contribution in [3.05, 3.63) is 54.1 Å². The van der Waals surface area contributed by atoms with Gasteiger partial charge in [-0.25, -0.2) is 18.4 Å². The molecular weight excluding hydrogens is 378 g/mol. The fraction of sp³-hybridized carbons (Fsp3) is 0.316. The van der Waals surface area contributed by atoms with Crippen molar-refractivity contribution in [3.8, 4) is 0 Å². The Labute approximate surface area is 162 Å². The number of anilines is 1. The quantitative estimate of drug-likeness (QED) is 0.579. The predicted molar refractivity (Wildman–Crippen MR) is 107 cm³/mol. The van der Waals surface area contributed by atoms with Crippen LogP contribution < -0.4 is 10.6 Å². The summed E-state index contributed by atoms with van der Waals surface area (Å²) in [5.74, 6) is 0.269. The van der Waals surface area contributed by atoms with Crippen molar-refractivity contribution in [2.24, 2.45) is 0 Å². The minimum atomic E-state index is -3.04. The third kappa shape index (κ3) is 4.14. The summed E-state index contributed by atoms with van der Waals surface area (Å²) < 4.78 is 23.0. The van der Waals surface area contributed by atoms with E-state index in [1.165, 1.54) is 17.3 Å². The minimum absolute atomic E-state index is 0.0143. The Kier molecular flexibility index (Phi) is 4.99. The lowest BCUT2D eigenvalue weighted by Gasteiger charge is -2.11. The van der Waals surface area contributed by atoms with Gasteiger partial charge in [0.1, 0.15) is 17.8 Å². The molecule has 8 nitrogen and oxygen atoms in total. The number of H-pyrrole nitrogens is 1. The molecule has 3 heterocycles. The molecule has 1 atom stereocenters. The molecule has 1 aliphatic heterocycles. The van der Waals surface area contributed by atoms with Gasteiger partial charge in [0.05, 0.1) is 11.5 Å². The van der Waals surface area contributed by atoms with E-state index in [4.69, 9.17) is 0 Å². The van der Waals surface area contributed by atoms with Crippen LogP contribution in [0.15, 0.2) is 42.9 Å². The largest absolute Gasteiger partial charge is 0.370 e. The molecule has 1 saturated heterocycles. The fourth-order valence-electron chi connectivity index (χ4n) is 3.41. The average Bonchev–Trinajstić information content (AvgIpc) is 3.25. The summed E-state index contributed by atoms with van der Waals surface area (Å²) in [6.07, 6.45) is 4.57. The van der Waals surface area contributed by atoms with Crippen LogP contribution in [0.25, 0.3) is 10.9 Å². The van der Waals surface area contributed by atoms with Crippen molar-refractivity contribution in [3.63, 3.8) is 0 Å². The average molecular weight is 399 g/mol. The van der Waals surface area contributed by atoms with Crippen LogP contribution in [0.1, 0.15) is 22.5 Å². The second-order valence-corrected chi connectivity index (χ2v) is 9.13. The first-order valence-electron chi connectivity index (χ1n) is 9.12. The van der Waals surface area contributed by atoms with Crippen LogP contribution in [-0.4, -0.2) is 53.4 Å². The molecule has 0 radical (unpaired) electrons. The van der Waals surface area contributed by atoms with E-state index in [0.29, 0.717) is 18.8 Å². The van der Waals surface area contributed by atoms with Gasteiger partial charge in [-0.1, -0.05) is 18.2 Å². The standard InChI is InChI=1S/C19H21N5O3S/c25-19(24-14-6-8-28(26,27)11-14)17-9-18(23-12-22-17)20-7-5-13-10-21-16-4-2-1-3-15(13)16/h1-4,9-10,12,14,21H,5-8,11H2,(H,24,25)(H,20,22,23). The number of nitrogens with zero attached hydrogens (tertiary/aromatic N) is 2. The number of aromatic amines is 1. The maximum atomic E-state index is 12.3. The highest BCUT2D eigenvalue weighted by Gasteiger charge is 2.29. The summed E-state index contributed by atoms with van der Waals surface area (Å²) in [6.45, 7) is 0.654. The van der Waals surface area contributed by atoms with Crippen molar-refractivity contribution in [1.29, 1.82) is 0 Å². The number of para-hydroxylation sites is 1. The summed E-state index contributed by atoms with van der Waals surface area (Å²) >= 11 is 0. The van der Waals surface area contributed by atoms with Crippen molar-refractivity contribution < 1.29 is 13.2 Å². The number of benzene rings is 1. The number of hydrogen-bond acceptors (Lipinski definition) is 6. The molecule has 1 unspecified atom stereocenters. The van der Waals surface area contributed by atoms with Crippen molar-refractivity contribution >= 4 is 32.5 Å². The molecule has 3 aromatic rings. The number of nitrogens with one attached hydrogen (secondary N) is 3. The highest BCUT2D eigenvalue weighted by molar-refractivity contribution is 7.91. The van der Waals surface area contributed by atoms with Crippen LogP contribution >= 0.6 is 0 Å². The molecule has 1 amide bonds. The fourth-order valence-corrected chi connectivity index (χ4v) is 5.08. The summed E-state index contributed by atoms with van der Waals surface area (Å²) in [6, 6.07) is 9.35. The van der Waals surface area contributed by atoms with Gasteiger partial charge in [-0.3, -0.25) is 4.79 Å². The Bertz CT molecular complexity index is 1110. The van der Waals surface area contributed by atoms with Crippen LogP contribution in [-0.2, 0) is 16.3 Å². The van der Waals surface area contributed by atoms with Crippen LogP contribution in [0.4, 0.5) is 5.82 Å². The van der Waals surface area contributed by atoms with Crippen LogP contribution in [0, 0.1) is 0 Å². The molecule has 146 valence electrons. The number of sulfone groups is 1. The Morgan fingerprint density at radius 2 is 2.11 bits per heavy atom. The van der Waals surface area contributed by atoms with E-state index in [1.807, 2.05) is 24.4 Å². The Hall–Kier alpha value is -2.94. The van der Waals surface area contributed by atoms with Gasteiger partial charge in [-0.15, -0.1) is 0 Å². The maximum absolute atomic E-state index is 12.3. The maximum Gasteiger partial charge on any atom is 0.270 e. The smallest absolute Gasteiger partial charge is 0.270 e. The number of carbonyl (C=O) groups is 1. The molecule has 1 fully saturated rings. The monoisotopic (exact) mass is 399 g/mol. The molecule has 0 spiro atoms. The summed E-state index contributed by atoms with van der Waals surface area (Å²) in [5.41, 5.74) is 2.53. The Morgan fingerprint density at radius 3 is 2.93 bits per heavy atom. The lowest BCUT2D eigenvalue weighted by atomic mass is 10.1. The van der Waals surface area contributed by atoms with E-state index in [0.717, 1.165) is 11.9 Å². The van der Waals surface area contributed by atoms with Gasteiger partial charge >= 0.3 is 0 Å². The van der Waals surface area contributed by atoms with Gasteiger partial charge in [-0.05, 0) is 24.5 Å². The molecule has 2 aromatic heterocycles. The normalized spacial score (nSPS) is 18.2. The minimum Gasteiger partial charge on any atom is -0.370 e. The van der Waals surface area contributed by atoms with E-state index in [1.54, 1.807) is 6.07 Å². The first-order chi connectivity index (χ1) is 13.5. The number of fused-ring (bicyclic) bond motifs is 1. The van der Waals surface area contributed by atoms with Gasteiger partial charge in [0.25, 0.3) is 5.91 Å². The van der Waals surface area contributed by atoms with E-state index >= 15 is 0 Å². The third-order valence-electron chi connectivity index (χ3n) is 4.84. The molecule has 1 aliphatic rings. The van der Waals surface area contributed by atoms with E-state index in [-0.39, 0.29) is 29.1 Å². The first kappa shape index (κ1) is 18.4. The molecule has 0 bridgehead atoms. The van der Waals surface area contributed by atoms with Gasteiger partial charge < -0.3 is 15.6 Å². The van der Waals surface area contributed by atoms with Gasteiger partial charge in [0, 0.05) is 35.8 Å². The Morgan fingerprint density at radius 1 is 1.25 bits per heavy atom. The number of rotatable bonds is 6. The summed E-state index contributed by atoms with van der Waals surface area (Å²) in [5, 5.41) is 7.14. The van der Waals surface area contributed by atoms with Gasteiger partial charge in [0.15, 0.2) is 9.84 Å². The summed E-state index contributed by atoms with van der Waals surface area (Å²) in [4.78, 5) is 23.7. The molecule has 9 heteroatoms. The van der Waals surface area contributed by atoms with Crippen molar-refractivity contribution in [2.45, 2.75) is 18.9 Å². The van der Waals surface area contributed by atoms with Crippen molar-refractivity contribution in [1.82, 2.24) is 20.3 Å². The predicted octanol–water partition coefficient (Wildman–Crippen LogP) is 1.53. The second-order valence-electron chi connectivity index (χ2n) is 6.90. The van der Waals surface area contributed by atoms with Crippen molar-refractivity contribution in [2.75, 3.05) is 23.4 Å². The molecule has 4 rings (SSSR count). The first-order valence-corrected chi connectivity index (χ1v) is 10.9. The molecule has 0 saturated carbocycles. The second kappa shape index (κ2) is 7.59. The number of carbonyl (C=O) groups excluding carboxylic acids is 1. The zero-order valence-corrected chi connectivity index (χ0v) is 16.0. The SMILES string of the molecule is O=C(NC1CCS(=O)(=O)C1)c1cc(NCCc2c[nH]c3ccccc23)ncn1. The van der Waals surface area contributed by atoms with E-state index < -0.39 is 9.84 Å². The highest BCUT2D eigenvalue weighted by atomic mass is 32.2. The Balaban J connectivity index is 1.35. The molecule has 0 aliphatic carbocycles. The highest BCUT2D eigenvalue weighted by Crippen LogP contribution is 2.18. The van der Waals surface area contributed by atoms with E-state index in [9.17, 15) is 13.2 Å². The third-order valence-corrected chi connectivity index (χ3v) is 6.61. The summed E-state index contributed by atoms with van der Waals surface area (Å²) in [7, 11) is -3.04. The van der Waals surface area contributed by atoms with E-state index in [2.05, 4.69) is 31.7 Å². The van der Waals surface area contributed by atoms with Crippen LogP contribution in [0.3, 0.4) is 0 Å². The topological polar surface area (TPSA) is 117 Å². The number of aromatic nitrogens is 3. The van der Waals surface area contributed by atoms with Crippen LogP contribution in [0.2, 0.25) is 0 Å². The van der Waals surface area contributed by atoms with Gasteiger partial charge in [0.2, 0.25) is 0 Å². The van der Waals surface area contributed by atoms with Gasteiger partial charge in [-0.2, -0.15) is 0 Å². The number of amides is 1. The van der Waals surface area contributed by atoms with Crippen LogP contribution in [0.5, 0.6) is 0 Å². The molecule has 1 aromatic carbocycles.